The van der Waals surface area contributed by atoms with E-state index in [-0.39, 0.29) is 101 Å². The number of benzene rings is 6. The summed E-state index contributed by atoms with van der Waals surface area (Å²) in [6, 6.07) is 17.0. The molecule has 0 unspecified atom stereocenters. The number of para-hydroxylation sites is 1. The summed E-state index contributed by atoms with van der Waals surface area (Å²) in [5.41, 5.74) is 8.13. The van der Waals surface area contributed by atoms with Gasteiger partial charge in [-0.3, -0.25) is 71.9 Å². The van der Waals surface area contributed by atoms with Gasteiger partial charge in [-0.15, -0.1) is 11.8 Å². The minimum Gasteiger partial charge on any atom is -0.508 e. The lowest BCUT2D eigenvalue weighted by Gasteiger charge is -2.42. The van der Waals surface area contributed by atoms with Crippen LogP contribution in [0.4, 0.5) is 13.2 Å². The Morgan fingerprint density at radius 3 is 1.61 bits per heavy atom. The van der Waals surface area contributed by atoms with Crippen molar-refractivity contribution in [1.82, 2.24) is 76.9 Å². The summed E-state index contributed by atoms with van der Waals surface area (Å²) in [6.45, 7) is 7.34. The molecular weight excluding hydrogens is 1770 g/mol. The summed E-state index contributed by atoms with van der Waals surface area (Å²) >= 11 is 0.688. The van der Waals surface area contributed by atoms with E-state index in [0.29, 0.717) is 75.5 Å². The van der Waals surface area contributed by atoms with E-state index in [1.165, 1.54) is 79.5 Å². The first-order valence-corrected chi connectivity index (χ1v) is 46.5. The average Bonchev–Trinajstić information content (AvgIpc) is 1.64. The Labute approximate surface area is 784 Å². The van der Waals surface area contributed by atoms with Crippen LogP contribution in [0.15, 0.2) is 152 Å². The predicted octanol–water partition coefficient (Wildman–Crippen LogP) is 3.42. The molecule has 0 bridgehead atoms. The maximum atomic E-state index is 15.8. The van der Waals surface area contributed by atoms with Crippen LogP contribution in [0.1, 0.15) is 119 Å². The van der Waals surface area contributed by atoms with E-state index in [1.807, 2.05) is 6.92 Å². The molecule has 135 heavy (non-hydrogen) atoms. The fourth-order valence-corrected chi connectivity index (χ4v) is 18.3. The zero-order valence-electron chi connectivity index (χ0n) is 76.6. The Kier molecular flexibility index (Phi) is 35.6. The molecule has 0 radical (unpaired) electrons. The molecule has 15 amide bonds. The molecular formula is C97H119F3N16O18S. The van der Waals surface area contributed by atoms with Crippen LogP contribution >= 0.6 is 11.8 Å². The average molecular weight is 1890 g/mol. The highest BCUT2D eigenvalue weighted by Crippen LogP contribution is 2.32. The van der Waals surface area contributed by atoms with Crippen molar-refractivity contribution in [1.29, 1.82) is 0 Å². The van der Waals surface area contributed by atoms with Gasteiger partial charge in [-0.25, -0.2) is 13.2 Å². The van der Waals surface area contributed by atoms with Gasteiger partial charge in [0, 0.05) is 109 Å². The number of thioether (sulfide) groups is 1. The van der Waals surface area contributed by atoms with Gasteiger partial charge in [-0.1, -0.05) is 151 Å². The molecule has 11 rings (SSSR count). The van der Waals surface area contributed by atoms with E-state index in [1.54, 1.807) is 119 Å². The van der Waals surface area contributed by atoms with Crippen LogP contribution in [0.3, 0.4) is 0 Å². The second-order valence-corrected chi connectivity index (χ2v) is 36.7. The molecule has 14 atom stereocenters. The second kappa shape index (κ2) is 47.0. The molecule has 4 saturated heterocycles. The third-order valence-corrected chi connectivity index (χ3v) is 26.0. The van der Waals surface area contributed by atoms with Crippen molar-refractivity contribution in [2.45, 2.75) is 209 Å². The fourth-order valence-electron chi connectivity index (χ4n) is 17.5. The Hall–Kier alpha value is -13.4. The number of aliphatic hydroxyl groups excluding tert-OH is 1. The minimum atomic E-state index is -1.86. The number of likely N-dealkylation sites (N-methyl/N-ethyl adjacent to an activating group) is 3. The topological polar surface area (TPSA) is 474 Å². The van der Waals surface area contributed by atoms with Gasteiger partial charge in [0.25, 0.3) is 0 Å². The predicted molar refractivity (Wildman–Crippen MR) is 493 cm³/mol. The van der Waals surface area contributed by atoms with Crippen LogP contribution in [0.2, 0.25) is 0 Å². The van der Waals surface area contributed by atoms with Crippen molar-refractivity contribution in [3.63, 3.8) is 0 Å². The van der Waals surface area contributed by atoms with E-state index in [4.69, 9.17) is 5.73 Å². The van der Waals surface area contributed by atoms with Crippen molar-refractivity contribution in [3.8, 4) is 11.5 Å². The summed E-state index contributed by atoms with van der Waals surface area (Å²) in [5, 5.41) is 54.7. The smallest absolute Gasteiger partial charge is 0.246 e. The summed E-state index contributed by atoms with van der Waals surface area (Å²) in [5.74, 6) is -21.2. The zero-order chi connectivity index (χ0) is 97.8. The van der Waals surface area contributed by atoms with E-state index in [0.717, 1.165) is 19.6 Å². The number of primary amides is 1. The molecule has 14 N–H and O–H groups in total. The Bertz CT molecular complexity index is 5430. The number of amides is 15. The first kappa shape index (κ1) is 102. The van der Waals surface area contributed by atoms with Gasteiger partial charge < -0.3 is 98.0 Å². The van der Waals surface area contributed by atoms with Crippen molar-refractivity contribution < 1.29 is 100 Å². The van der Waals surface area contributed by atoms with Gasteiger partial charge in [0.2, 0.25) is 88.6 Å². The number of nitrogens with two attached hydrogens (primary N) is 1. The molecule has 4 fully saturated rings. The lowest BCUT2D eigenvalue weighted by Crippen LogP contribution is -2.65. The molecule has 34 nitrogen and oxygen atoms in total. The Morgan fingerprint density at radius 2 is 1.01 bits per heavy atom. The number of phenols is 2. The standard InChI is InChI=1S/C97H119F3N16O18S/c1-9-10-26-77-95(132)116-51-64(119)48-80(116)96(133)114-37-19-27-75(114)90(127)110-84(55(4)5)97(134)112(7)78(45-56-20-13-11-14-21-56)91(128)108-73(43-59-30-34-63(118)35-31-59)93(130)115-38-36-76(115)89(126)107-71(47-61-49-102-68-25-18-17-24-65(61)68)88(125)106-70(42-58-28-32-62(117)33-29-58)87(124)105-69(39-54(2)3)86(123)109-74(85(122)103-50-81(101)120)52-135-53-82(121)104-72(44-60-40-66(98)83(100)67(99)41-60)92(129)113(8)79(94(131)111(77)6)46-57-22-15-12-16-23-57/h11-18,20-25,28-35,40-41,49,54-55,64,69-80,84,102,117-119H,9-10,19,26-27,36-39,42-48,50-53H2,1-8H3,(H2,101,120)(H,103,122)(H,104,121)(H,105,124)(H,106,125)(H,107,126)(H,108,128)(H,109,123)(H,110,127)/t64-,69+,70+,71+,72+,73+,74+,75+,76-,77+,78+,79+,80-,84+/m1/s1. The highest BCUT2D eigenvalue weighted by Gasteiger charge is 2.50. The molecule has 0 saturated carbocycles. The summed E-state index contributed by atoms with van der Waals surface area (Å²) in [4.78, 5) is 237. The largest absolute Gasteiger partial charge is 0.508 e. The van der Waals surface area contributed by atoms with E-state index < -0.39 is 234 Å². The van der Waals surface area contributed by atoms with Gasteiger partial charge in [-0.2, -0.15) is 0 Å². The minimum absolute atomic E-state index is 0.0189. The van der Waals surface area contributed by atoms with Gasteiger partial charge in [0.15, 0.2) is 17.5 Å². The quantitative estimate of drug-likeness (QED) is 0.0458. The number of aromatic amines is 1. The number of phenolic OH excluding ortho intramolecular Hbond substituents is 2. The number of nitrogens with zero attached hydrogens (tertiary/aromatic N) is 6. The van der Waals surface area contributed by atoms with E-state index in [2.05, 4.69) is 47.5 Å². The number of rotatable bonds is 21. The molecule has 4 aliphatic rings. The number of carbonyl (C=O) groups is 15. The van der Waals surface area contributed by atoms with Crippen molar-refractivity contribution in [3.05, 3.63) is 203 Å². The summed E-state index contributed by atoms with van der Waals surface area (Å²) in [6.07, 6.45) is -1.04. The summed E-state index contributed by atoms with van der Waals surface area (Å²) < 4.78 is 45.2. The zero-order valence-corrected chi connectivity index (χ0v) is 77.4. The van der Waals surface area contributed by atoms with E-state index in [9.17, 15) is 34.1 Å². The number of H-pyrrole nitrogens is 1. The number of aliphatic hydroxyl groups is 1. The molecule has 0 aliphatic carbocycles. The number of fused-ring (bicyclic) bond motifs is 4. The van der Waals surface area contributed by atoms with Crippen LogP contribution in [-0.2, 0) is 110 Å². The number of carbonyl (C=O) groups excluding carboxylic acids is 15. The number of halogens is 3. The van der Waals surface area contributed by atoms with Crippen LogP contribution < -0.4 is 48.3 Å². The highest BCUT2D eigenvalue weighted by molar-refractivity contribution is 8.00. The number of hydrogen-bond donors (Lipinski definition) is 13. The molecule has 5 heterocycles. The van der Waals surface area contributed by atoms with Crippen LogP contribution in [0.25, 0.3) is 10.9 Å². The molecule has 722 valence electrons. The first-order chi connectivity index (χ1) is 64.4. The van der Waals surface area contributed by atoms with E-state index >= 15 is 66.3 Å². The third-order valence-electron chi connectivity index (χ3n) is 25.0. The molecule has 6 aromatic carbocycles. The number of nitrogens with one attached hydrogen (secondary N) is 9. The monoisotopic (exact) mass is 1880 g/mol. The van der Waals surface area contributed by atoms with Gasteiger partial charge in [0.1, 0.15) is 90.0 Å². The molecule has 7 aromatic rings. The maximum Gasteiger partial charge on any atom is 0.246 e. The lowest BCUT2D eigenvalue weighted by molar-refractivity contribution is -0.154. The molecule has 1 aromatic heterocycles. The fraction of sp³-hybridized carbons (Fsp3) is 0.454. The van der Waals surface area contributed by atoms with Crippen molar-refractivity contribution in [2.24, 2.45) is 17.6 Å². The molecule has 38 heteroatoms. The van der Waals surface area contributed by atoms with Crippen LogP contribution in [-0.4, -0.2) is 282 Å². The normalized spacial score (nSPS) is 24.4. The van der Waals surface area contributed by atoms with Gasteiger partial charge in [-0.05, 0) is 120 Å². The Balaban J connectivity index is 0.980. The number of aromatic hydroxyl groups is 2. The lowest BCUT2D eigenvalue weighted by atomic mass is 9.95. The third kappa shape index (κ3) is 26.6. The number of unbranched alkanes of at least 4 members (excludes halogenated alkanes) is 1. The molecule has 0 spiro atoms. The van der Waals surface area contributed by atoms with Crippen molar-refractivity contribution in [2.75, 3.05) is 58.8 Å². The van der Waals surface area contributed by atoms with Crippen LogP contribution in [0, 0.1) is 29.3 Å². The molecule has 4 aliphatic heterocycles. The van der Waals surface area contributed by atoms with Gasteiger partial charge >= 0.3 is 0 Å². The van der Waals surface area contributed by atoms with Gasteiger partial charge in [0.05, 0.1) is 18.4 Å². The first-order valence-electron chi connectivity index (χ1n) is 45.3. The number of aromatic nitrogens is 1. The Morgan fingerprint density at radius 1 is 0.504 bits per heavy atom. The van der Waals surface area contributed by atoms with Crippen molar-refractivity contribution >= 4 is 111 Å². The maximum absolute atomic E-state index is 15.8. The van der Waals surface area contributed by atoms with Crippen LogP contribution in [0.5, 0.6) is 11.5 Å². The second-order valence-electron chi connectivity index (χ2n) is 35.7. The summed E-state index contributed by atoms with van der Waals surface area (Å²) in [7, 11) is 3.89. The highest BCUT2D eigenvalue weighted by atomic mass is 32.2. The SMILES string of the molecule is CCCC[C@H]1C(=O)N2C[C@H](O)C[C@@H]2C(=O)N2CCC[C@H]2C(=O)N[C@@H](C(C)C)C(=O)N(C)[C@@H](Cc2ccccc2)C(=O)N[C@@H](Cc2ccc(O)cc2)C(=O)N2CC[C@@H]2C(=O)N[C@@H](Cc2c[nH]c3ccccc23)C(=O)N[C@@H](Cc2ccc(O)cc2)C(=O)N[C@@H](CC(C)C)C(=O)N[C@H](C(=O)NCC(N)=O)CSCC(=O)N[C@@H](Cc2cc(F)c(F)c(F)c2)C(=O)N(C)[C@@H](Cc2ccccc2)C(=O)N1C. The number of hydrogen-bond acceptors (Lipinski definition) is 19.